The third kappa shape index (κ3) is 3.93. The van der Waals surface area contributed by atoms with Gasteiger partial charge < -0.3 is 5.32 Å². The van der Waals surface area contributed by atoms with Crippen LogP contribution in [0.1, 0.15) is 26.5 Å². The average Bonchev–Trinajstić information content (AvgIpc) is 3.13. The molecule has 0 saturated carbocycles. The summed E-state index contributed by atoms with van der Waals surface area (Å²) in [6, 6.07) is 19.9. The SMILES string of the molecule is Cc1c(C(=O)Nc2ncccn2)c(C(=O)Nc2ccccc2)nn1-c1ccccc1. The molecule has 30 heavy (non-hydrogen) atoms. The van der Waals surface area contributed by atoms with E-state index < -0.39 is 11.8 Å². The van der Waals surface area contributed by atoms with E-state index in [1.54, 1.807) is 29.8 Å². The molecule has 0 spiro atoms. The lowest BCUT2D eigenvalue weighted by Gasteiger charge is -2.06. The van der Waals surface area contributed by atoms with Crippen molar-refractivity contribution in [1.29, 1.82) is 0 Å². The zero-order chi connectivity index (χ0) is 20.9. The van der Waals surface area contributed by atoms with Gasteiger partial charge in [0.05, 0.1) is 16.9 Å². The van der Waals surface area contributed by atoms with Crippen molar-refractivity contribution in [2.75, 3.05) is 10.6 Å². The number of nitrogens with zero attached hydrogens (tertiary/aromatic N) is 4. The first-order valence-electron chi connectivity index (χ1n) is 9.23. The molecule has 2 amide bonds. The standard InChI is InChI=1S/C22H18N6O2/c1-15-18(20(29)26-22-23-13-8-14-24-22)19(21(30)25-16-9-4-2-5-10-16)27-28(15)17-11-6-3-7-12-17/h2-14H,1H3,(H,25,30)(H,23,24,26,29). The number of para-hydroxylation sites is 2. The fourth-order valence-electron chi connectivity index (χ4n) is 2.99. The second-order valence-corrected chi connectivity index (χ2v) is 6.40. The molecular formula is C22H18N6O2. The Labute approximate surface area is 172 Å². The number of anilines is 2. The average molecular weight is 398 g/mol. The molecule has 2 heterocycles. The highest BCUT2D eigenvalue weighted by molar-refractivity contribution is 6.14. The minimum atomic E-state index is -0.515. The van der Waals surface area contributed by atoms with E-state index in [-0.39, 0.29) is 17.2 Å². The lowest BCUT2D eigenvalue weighted by molar-refractivity contribution is 0.0987. The van der Waals surface area contributed by atoms with Crippen molar-refractivity contribution in [2.24, 2.45) is 0 Å². The summed E-state index contributed by atoms with van der Waals surface area (Å²) in [5, 5.41) is 9.85. The van der Waals surface area contributed by atoms with E-state index in [1.165, 1.54) is 12.4 Å². The molecule has 4 aromatic rings. The Hall–Kier alpha value is -4.33. The van der Waals surface area contributed by atoms with Gasteiger partial charge in [-0.15, -0.1) is 0 Å². The first-order chi connectivity index (χ1) is 14.6. The van der Waals surface area contributed by atoms with Crippen molar-refractivity contribution in [1.82, 2.24) is 19.7 Å². The van der Waals surface area contributed by atoms with Gasteiger partial charge in [0.1, 0.15) is 0 Å². The van der Waals surface area contributed by atoms with Gasteiger partial charge in [0.2, 0.25) is 5.95 Å². The summed E-state index contributed by atoms with van der Waals surface area (Å²) >= 11 is 0. The van der Waals surface area contributed by atoms with Crippen molar-refractivity contribution >= 4 is 23.5 Å². The highest BCUT2D eigenvalue weighted by Crippen LogP contribution is 2.21. The highest BCUT2D eigenvalue weighted by Gasteiger charge is 2.27. The number of amides is 2. The van der Waals surface area contributed by atoms with Gasteiger partial charge in [-0.1, -0.05) is 36.4 Å². The van der Waals surface area contributed by atoms with Crippen LogP contribution in [0.15, 0.2) is 79.1 Å². The molecule has 0 aliphatic rings. The Balaban J connectivity index is 1.75. The summed E-state index contributed by atoms with van der Waals surface area (Å²) in [5.41, 5.74) is 2.02. The minimum Gasteiger partial charge on any atom is -0.321 e. The largest absolute Gasteiger partial charge is 0.321 e. The van der Waals surface area contributed by atoms with Crippen LogP contribution in [0.3, 0.4) is 0 Å². The first-order valence-corrected chi connectivity index (χ1v) is 9.23. The smallest absolute Gasteiger partial charge is 0.277 e. The third-order valence-electron chi connectivity index (χ3n) is 4.38. The number of benzene rings is 2. The van der Waals surface area contributed by atoms with Crippen molar-refractivity contribution in [3.63, 3.8) is 0 Å². The minimum absolute atomic E-state index is 0.00800. The molecule has 0 radical (unpaired) electrons. The van der Waals surface area contributed by atoms with E-state index in [9.17, 15) is 9.59 Å². The van der Waals surface area contributed by atoms with Crippen LogP contribution in [0.25, 0.3) is 5.69 Å². The molecule has 0 atom stereocenters. The molecule has 4 rings (SSSR count). The number of carbonyl (C=O) groups excluding carboxylic acids is 2. The lowest BCUT2D eigenvalue weighted by Crippen LogP contribution is -2.21. The maximum absolute atomic E-state index is 13.0. The van der Waals surface area contributed by atoms with Crippen molar-refractivity contribution in [2.45, 2.75) is 6.92 Å². The fraction of sp³-hybridized carbons (Fsp3) is 0.0455. The summed E-state index contributed by atoms with van der Waals surface area (Å²) in [6.45, 7) is 1.74. The quantitative estimate of drug-likeness (QED) is 0.536. The Morgan fingerprint density at radius 2 is 1.43 bits per heavy atom. The lowest BCUT2D eigenvalue weighted by atomic mass is 10.1. The van der Waals surface area contributed by atoms with Gasteiger partial charge in [-0.05, 0) is 37.3 Å². The van der Waals surface area contributed by atoms with Crippen LogP contribution in [0.4, 0.5) is 11.6 Å². The van der Waals surface area contributed by atoms with Crippen LogP contribution in [-0.2, 0) is 0 Å². The van der Waals surface area contributed by atoms with E-state index in [0.29, 0.717) is 11.4 Å². The molecule has 0 saturated heterocycles. The predicted molar refractivity (Wildman–Crippen MR) is 113 cm³/mol. The van der Waals surface area contributed by atoms with Gasteiger partial charge in [-0.25, -0.2) is 14.6 Å². The zero-order valence-corrected chi connectivity index (χ0v) is 16.1. The van der Waals surface area contributed by atoms with Gasteiger partial charge in [-0.2, -0.15) is 5.10 Å². The first kappa shape index (κ1) is 19.0. The van der Waals surface area contributed by atoms with Crippen molar-refractivity contribution in [3.05, 3.63) is 96.1 Å². The molecule has 8 heteroatoms. The Morgan fingerprint density at radius 1 is 0.800 bits per heavy atom. The Morgan fingerprint density at radius 3 is 2.10 bits per heavy atom. The van der Waals surface area contributed by atoms with E-state index in [4.69, 9.17) is 0 Å². The molecule has 2 aromatic heterocycles. The highest BCUT2D eigenvalue weighted by atomic mass is 16.2. The fourth-order valence-corrected chi connectivity index (χ4v) is 2.99. The van der Waals surface area contributed by atoms with Crippen LogP contribution in [-0.4, -0.2) is 31.6 Å². The number of carbonyl (C=O) groups is 2. The van der Waals surface area contributed by atoms with E-state index in [0.717, 1.165) is 5.69 Å². The van der Waals surface area contributed by atoms with E-state index in [1.807, 2.05) is 48.5 Å². The molecule has 8 nitrogen and oxygen atoms in total. The summed E-state index contributed by atoms with van der Waals surface area (Å²) in [4.78, 5) is 34.0. The van der Waals surface area contributed by atoms with Gasteiger partial charge in [-0.3, -0.25) is 14.9 Å². The van der Waals surface area contributed by atoms with Crippen LogP contribution in [0, 0.1) is 6.92 Å². The second-order valence-electron chi connectivity index (χ2n) is 6.40. The van der Waals surface area contributed by atoms with Crippen LogP contribution < -0.4 is 10.6 Å². The van der Waals surface area contributed by atoms with Crippen LogP contribution >= 0.6 is 0 Å². The Bertz CT molecular complexity index is 1170. The maximum Gasteiger partial charge on any atom is 0.277 e. The molecule has 0 fully saturated rings. The third-order valence-corrected chi connectivity index (χ3v) is 4.38. The molecule has 2 N–H and O–H groups in total. The summed E-state index contributed by atoms with van der Waals surface area (Å²) in [5.74, 6) is -0.860. The van der Waals surface area contributed by atoms with E-state index in [2.05, 4.69) is 25.7 Å². The molecule has 0 unspecified atom stereocenters. The van der Waals surface area contributed by atoms with Crippen molar-refractivity contribution in [3.8, 4) is 5.69 Å². The molecule has 0 aliphatic heterocycles. The van der Waals surface area contributed by atoms with Crippen molar-refractivity contribution < 1.29 is 9.59 Å². The van der Waals surface area contributed by atoms with E-state index >= 15 is 0 Å². The predicted octanol–water partition coefficient (Wildman–Crippen LogP) is 3.48. The topological polar surface area (TPSA) is 102 Å². The molecule has 2 aromatic carbocycles. The summed E-state index contributed by atoms with van der Waals surface area (Å²) in [7, 11) is 0. The normalized spacial score (nSPS) is 10.4. The zero-order valence-electron chi connectivity index (χ0n) is 16.1. The molecule has 0 aliphatic carbocycles. The summed E-state index contributed by atoms with van der Waals surface area (Å²) in [6.07, 6.45) is 3.04. The number of rotatable bonds is 5. The molecular weight excluding hydrogens is 380 g/mol. The van der Waals surface area contributed by atoms with Gasteiger partial charge in [0, 0.05) is 18.1 Å². The van der Waals surface area contributed by atoms with Gasteiger partial charge >= 0.3 is 0 Å². The van der Waals surface area contributed by atoms with Crippen LogP contribution in [0.2, 0.25) is 0 Å². The van der Waals surface area contributed by atoms with Gasteiger partial charge in [0.15, 0.2) is 5.69 Å². The monoisotopic (exact) mass is 398 g/mol. The molecule has 148 valence electrons. The number of hydrogen-bond donors (Lipinski definition) is 2. The maximum atomic E-state index is 13.0. The van der Waals surface area contributed by atoms with Crippen LogP contribution in [0.5, 0.6) is 0 Å². The molecule has 0 bridgehead atoms. The number of aromatic nitrogens is 4. The number of nitrogens with one attached hydrogen (secondary N) is 2. The summed E-state index contributed by atoms with van der Waals surface area (Å²) < 4.78 is 1.57. The number of hydrogen-bond acceptors (Lipinski definition) is 5. The van der Waals surface area contributed by atoms with Gasteiger partial charge in [0.25, 0.3) is 11.8 Å². The Kier molecular flexibility index (Phi) is 5.29. The second kappa shape index (κ2) is 8.36.